The van der Waals surface area contributed by atoms with E-state index in [4.69, 9.17) is 4.74 Å². The van der Waals surface area contributed by atoms with Crippen LogP contribution in [0.4, 0.5) is 4.39 Å². The Labute approximate surface area is 111 Å². The SMILES string of the molecule is FC1=CC=C2C3Cc4cccc5c4C2(CCN3)[C@H]1O5. The van der Waals surface area contributed by atoms with E-state index in [1.54, 1.807) is 6.08 Å². The smallest absolute Gasteiger partial charge is 0.163 e. The minimum absolute atomic E-state index is 0.131. The van der Waals surface area contributed by atoms with Crippen LogP contribution in [0.2, 0.25) is 0 Å². The van der Waals surface area contributed by atoms with Crippen molar-refractivity contribution in [2.24, 2.45) is 0 Å². The third kappa shape index (κ3) is 0.995. The molecule has 0 aromatic heterocycles. The van der Waals surface area contributed by atoms with Crippen molar-refractivity contribution >= 4 is 0 Å². The summed E-state index contributed by atoms with van der Waals surface area (Å²) in [5.41, 5.74) is 3.66. The van der Waals surface area contributed by atoms with Crippen LogP contribution in [0.15, 0.2) is 41.8 Å². The Balaban J connectivity index is 1.90. The van der Waals surface area contributed by atoms with Gasteiger partial charge in [0.1, 0.15) is 11.6 Å². The molecule has 5 rings (SSSR count). The van der Waals surface area contributed by atoms with Gasteiger partial charge in [-0.3, -0.25) is 0 Å². The largest absolute Gasteiger partial charge is 0.482 e. The van der Waals surface area contributed by atoms with E-state index in [2.05, 4.69) is 11.4 Å². The average Bonchev–Trinajstić information content (AvgIpc) is 2.74. The fourth-order valence-corrected chi connectivity index (χ4v) is 4.49. The number of halogens is 1. The lowest BCUT2D eigenvalue weighted by Gasteiger charge is -2.49. The molecular weight excluding hydrogens is 241 g/mol. The van der Waals surface area contributed by atoms with Crippen molar-refractivity contribution in [3.63, 3.8) is 0 Å². The normalized spacial score (nSPS) is 37.1. The van der Waals surface area contributed by atoms with Crippen molar-refractivity contribution in [2.45, 2.75) is 30.4 Å². The zero-order chi connectivity index (χ0) is 12.6. The number of rotatable bonds is 0. The molecule has 1 aromatic rings. The molecule has 0 saturated carbocycles. The Hall–Kier alpha value is -1.61. The van der Waals surface area contributed by atoms with Gasteiger partial charge in [-0.25, -0.2) is 4.39 Å². The van der Waals surface area contributed by atoms with Gasteiger partial charge in [0.05, 0.1) is 5.41 Å². The molecule has 3 heteroatoms. The van der Waals surface area contributed by atoms with Crippen molar-refractivity contribution in [3.8, 4) is 5.75 Å². The van der Waals surface area contributed by atoms with Gasteiger partial charge in [-0.2, -0.15) is 0 Å². The van der Waals surface area contributed by atoms with Crippen LogP contribution in [-0.2, 0) is 11.8 Å². The molecule has 0 amide bonds. The average molecular weight is 255 g/mol. The van der Waals surface area contributed by atoms with Gasteiger partial charge in [0, 0.05) is 11.6 Å². The molecule has 1 fully saturated rings. The van der Waals surface area contributed by atoms with E-state index in [0.717, 1.165) is 25.1 Å². The van der Waals surface area contributed by atoms with E-state index < -0.39 is 6.10 Å². The van der Waals surface area contributed by atoms with E-state index >= 15 is 0 Å². The van der Waals surface area contributed by atoms with E-state index in [0.29, 0.717) is 6.04 Å². The highest BCUT2D eigenvalue weighted by atomic mass is 19.1. The summed E-state index contributed by atoms with van der Waals surface area (Å²) >= 11 is 0. The lowest BCUT2D eigenvalue weighted by atomic mass is 9.58. The molecule has 3 atom stereocenters. The molecule has 2 heterocycles. The zero-order valence-electron chi connectivity index (χ0n) is 10.4. The van der Waals surface area contributed by atoms with Crippen LogP contribution in [0.5, 0.6) is 5.75 Å². The Kier molecular flexibility index (Phi) is 1.67. The molecule has 4 aliphatic rings. The van der Waals surface area contributed by atoms with Crippen molar-refractivity contribution in [1.82, 2.24) is 5.32 Å². The minimum Gasteiger partial charge on any atom is -0.482 e. The first-order chi connectivity index (χ1) is 9.30. The molecule has 0 radical (unpaired) electrons. The number of nitrogens with one attached hydrogen (secondary N) is 1. The van der Waals surface area contributed by atoms with Gasteiger partial charge >= 0.3 is 0 Å². The summed E-state index contributed by atoms with van der Waals surface area (Å²) in [4.78, 5) is 0. The molecule has 2 aliphatic heterocycles. The third-order valence-electron chi connectivity index (χ3n) is 5.15. The topological polar surface area (TPSA) is 21.3 Å². The molecule has 2 bridgehead atoms. The highest BCUT2D eigenvalue weighted by molar-refractivity contribution is 5.63. The maximum Gasteiger partial charge on any atom is 0.163 e. The summed E-state index contributed by atoms with van der Waals surface area (Å²) in [5, 5.41) is 3.57. The first-order valence-electron chi connectivity index (χ1n) is 6.91. The van der Waals surface area contributed by atoms with E-state index in [-0.39, 0.29) is 11.2 Å². The van der Waals surface area contributed by atoms with Gasteiger partial charge in [0.2, 0.25) is 0 Å². The van der Waals surface area contributed by atoms with Crippen molar-refractivity contribution in [2.75, 3.05) is 6.54 Å². The van der Waals surface area contributed by atoms with Gasteiger partial charge in [-0.1, -0.05) is 18.2 Å². The highest BCUT2D eigenvalue weighted by Crippen LogP contribution is 2.59. The quantitative estimate of drug-likeness (QED) is 0.768. The Bertz CT molecular complexity index is 663. The molecule has 19 heavy (non-hydrogen) atoms. The van der Waals surface area contributed by atoms with Gasteiger partial charge in [-0.05, 0) is 42.7 Å². The van der Waals surface area contributed by atoms with Crippen LogP contribution in [-0.4, -0.2) is 18.7 Å². The molecule has 1 spiro atoms. The minimum atomic E-state index is -0.437. The lowest BCUT2D eigenvalue weighted by Crippen LogP contribution is -2.57. The lowest BCUT2D eigenvalue weighted by molar-refractivity contribution is 0.143. The van der Waals surface area contributed by atoms with Crippen molar-refractivity contribution in [3.05, 3.63) is 52.9 Å². The second-order valence-electron chi connectivity index (χ2n) is 5.89. The molecule has 2 nitrogen and oxygen atoms in total. The summed E-state index contributed by atoms with van der Waals surface area (Å²) in [6.45, 7) is 0.933. The van der Waals surface area contributed by atoms with Gasteiger partial charge in [0.15, 0.2) is 6.10 Å². The van der Waals surface area contributed by atoms with Crippen LogP contribution >= 0.6 is 0 Å². The fraction of sp³-hybridized carbons (Fsp3) is 0.375. The maximum absolute atomic E-state index is 14.3. The summed E-state index contributed by atoms with van der Waals surface area (Å²) in [6, 6.07) is 6.51. The first kappa shape index (κ1) is 10.2. The summed E-state index contributed by atoms with van der Waals surface area (Å²) in [5.74, 6) is 0.757. The number of benzene rings is 1. The molecular formula is C16H14FNO. The van der Waals surface area contributed by atoms with Crippen LogP contribution in [0.1, 0.15) is 17.5 Å². The second-order valence-corrected chi connectivity index (χ2v) is 5.89. The maximum atomic E-state index is 14.3. The van der Waals surface area contributed by atoms with Gasteiger partial charge in [-0.15, -0.1) is 0 Å². The first-order valence-corrected chi connectivity index (χ1v) is 6.91. The van der Waals surface area contributed by atoms with Gasteiger partial charge in [0.25, 0.3) is 0 Å². The van der Waals surface area contributed by atoms with Crippen molar-refractivity contribution in [1.29, 1.82) is 0 Å². The number of allylic oxidation sites excluding steroid dienone is 2. The standard InChI is InChI=1S/C16H14FNO/c17-11-5-4-10-12-8-9-2-1-3-13-14(9)16(10,6-7-18-12)15(11)19-13/h1-5,12,15,18H,6-8H2/t12?,15-,16?/m0/s1. The second kappa shape index (κ2) is 3.10. The Morgan fingerprint density at radius 3 is 3.21 bits per heavy atom. The summed E-state index contributed by atoms with van der Waals surface area (Å²) in [6.07, 6.45) is 5.05. The predicted octanol–water partition coefficient (Wildman–Crippen LogP) is 2.40. The monoisotopic (exact) mass is 255 g/mol. The number of hydrogen-bond donors (Lipinski definition) is 1. The van der Waals surface area contributed by atoms with Crippen LogP contribution in [0.3, 0.4) is 0 Å². The van der Waals surface area contributed by atoms with Crippen molar-refractivity contribution < 1.29 is 9.13 Å². The Morgan fingerprint density at radius 1 is 1.32 bits per heavy atom. The molecule has 1 aromatic carbocycles. The molecule has 2 aliphatic carbocycles. The van der Waals surface area contributed by atoms with Crippen LogP contribution < -0.4 is 10.1 Å². The molecule has 1 saturated heterocycles. The van der Waals surface area contributed by atoms with Crippen LogP contribution in [0, 0.1) is 0 Å². The number of ether oxygens (including phenoxy) is 1. The third-order valence-corrected chi connectivity index (χ3v) is 5.15. The fourth-order valence-electron chi connectivity index (χ4n) is 4.49. The van der Waals surface area contributed by atoms with E-state index in [9.17, 15) is 4.39 Å². The molecule has 2 unspecified atom stereocenters. The van der Waals surface area contributed by atoms with Gasteiger partial charge < -0.3 is 10.1 Å². The Morgan fingerprint density at radius 2 is 2.26 bits per heavy atom. The molecule has 96 valence electrons. The number of hydrogen-bond acceptors (Lipinski definition) is 2. The van der Waals surface area contributed by atoms with E-state index in [1.807, 2.05) is 18.2 Å². The summed E-state index contributed by atoms with van der Waals surface area (Å²) < 4.78 is 20.3. The summed E-state index contributed by atoms with van der Waals surface area (Å²) in [7, 11) is 0. The number of piperidine rings is 1. The van der Waals surface area contributed by atoms with E-state index in [1.165, 1.54) is 16.7 Å². The highest BCUT2D eigenvalue weighted by Gasteiger charge is 2.60. The van der Waals surface area contributed by atoms with Crippen LogP contribution in [0.25, 0.3) is 0 Å². The zero-order valence-corrected chi connectivity index (χ0v) is 10.4. The predicted molar refractivity (Wildman–Crippen MR) is 69.9 cm³/mol. The molecule has 1 N–H and O–H groups in total.